The van der Waals surface area contributed by atoms with Crippen molar-refractivity contribution < 1.29 is 8.16 Å². The Morgan fingerprint density at radius 3 is 2.91 bits per heavy atom. The van der Waals surface area contributed by atoms with E-state index in [1.807, 2.05) is 24.3 Å². The molecule has 0 aliphatic heterocycles. The third-order valence-corrected chi connectivity index (χ3v) is 2.70. The summed E-state index contributed by atoms with van der Waals surface area (Å²) in [5.41, 5.74) is 0.814. The molecule has 0 radical (unpaired) electrons. The minimum atomic E-state index is -0.968. The molecule has 0 spiro atoms. The van der Waals surface area contributed by atoms with Crippen molar-refractivity contribution in [2.45, 2.75) is 0 Å². The van der Waals surface area contributed by atoms with Crippen LogP contribution in [0.1, 0.15) is 0 Å². The van der Waals surface area contributed by atoms with Gasteiger partial charge >= 0.3 is 69.7 Å². The predicted molar refractivity (Wildman–Crippen MR) is 42.3 cm³/mol. The second-order valence-corrected chi connectivity index (χ2v) is 3.60. The Bertz CT molecular complexity index is 392. The molecule has 0 N–H and O–H groups in total. The van der Waals surface area contributed by atoms with Crippen LogP contribution in [0.2, 0.25) is 0 Å². The van der Waals surface area contributed by atoms with Crippen molar-refractivity contribution in [1.29, 1.82) is 0 Å². The fourth-order valence-corrected chi connectivity index (χ4v) is 1.83. The van der Waals surface area contributed by atoms with E-state index >= 15 is 0 Å². The zero-order valence-electron chi connectivity index (χ0n) is 5.65. The Balaban J connectivity index is 2.86. The number of hydrogen-bond donors (Lipinski definition) is 0. The van der Waals surface area contributed by atoms with Crippen LogP contribution >= 0.6 is 0 Å². The molecule has 1 aromatic carbocycles. The van der Waals surface area contributed by atoms with Crippen molar-refractivity contribution >= 4 is 31.0 Å². The molecule has 11 heavy (non-hydrogen) atoms. The van der Waals surface area contributed by atoms with E-state index in [9.17, 15) is 3.74 Å². The van der Waals surface area contributed by atoms with E-state index < -0.39 is 15.7 Å². The molecule has 0 atom stereocenters. The summed E-state index contributed by atoms with van der Waals surface area (Å²) in [6.07, 6.45) is 1.57. The van der Waals surface area contributed by atoms with Crippen LogP contribution in [-0.4, -0.2) is 15.7 Å². The summed E-state index contributed by atoms with van der Waals surface area (Å²) in [5, 5.41) is 0.975. The molecular formula is C8H5AsO2. The first-order valence-corrected chi connectivity index (χ1v) is 4.92. The minimum absolute atomic E-state index is 0.814. The van der Waals surface area contributed by atoms with Crippen LogP contribution in [0.15, 0.2) is 34.9 Å². The van der Waals surface area contributed by atoms with Crippen molar-refractivity contribution in [3.63, 3.8) is 0 Å². The molecule has 0 aliphatic rings. The van der Waals surface area contributed by atoms with Gasteiger partial charge in [0, 0.05) is 0 Å². The van der Waals surface area contributed by atoms with Crippen LogP contribution < -0.4 is 4.35 Å². The molecule has 2 rings (SSSR count). The molecule has 0 saturated heterocycles. The molecule has 0 amide bonds. The van der Waals surface area contributed by atoms with Gasteiger partial charge in [0.25, 0.3) is 0 Å². The topological polar surface area (TPSA) is 30.2 Å². The summed E-state index contributed by atoms with van der Waals surface area (Å²) in [6, 6.07) is 7.60. The molecule has 0 unspecified atom stereocenters. The van der Waals surface area contributed by atoms with Crippen molar-refractivity contribution in [2.75, 3.05) is 0 Å². The van der Waals surface area contributed by atoms with Gasteiger partial charge in [0.2, 0.25) is 0 Å². The molecule has 2 aromatic rings. The summed E-state index contributed by atoms with van der Waals surface area (Å²) in [7, 11) is 0. The maximum absolute atomic E-state index is 10.6. The Hall–Kier alpha value is -0.882. The van der Waals surface area contributed by atoms with Gasteiger partial charge in [-0.15, -0.1) is 0 Å². The third kappa shape index (κ3) is 1.04. The summed E-state index contributed by atoms with van der Waals surface area (Å²) in [5.74, 6) is 0. The molecular weight excluding hydrogens is 203 g/mol. The molecule has 3 heteroatoms. The van der Waals surface area contributed by atoms with Crippen LogP contribution in [0, 0.1) is 0 Å². The molecule has 0 bridgehead atoms. The van der Waals surface area contributed by atoms with Crippen molar-refractivity contribution in [3.05, 3.63) is 30.5 Å². The van der Waals surface area contributed by atoms with E-state index in [0.717, 1.165) is 15.3 Å². The maximum atomic E-state index is 10.6. The fraction of sp³-hybridized carbons (Fsp3) is 0. The molecule has 0 fully saturated rings. The standard InChI is InChI=1S/C8H5AsO2/c10-9-7-5-11-8-4-2-1-3-6(7)8/h1-5H. The van der Waals surface area contributed by atoms with Crippen LogP contribution in [0.25, 0.3) is 11.0 Å². The van der Waals surface area contributed by atoms with Gasteiger partial charge in [-0.25, -0.2) is 0 Å². The zero-order valence-corrected chi connectivity index (χ0v) is 7.53. The molecule has 0 aliphatic carbocycles. The van der Waals surface area contributed by atoms with E-state index in [1.54, 1.807) is 6.26 Å². The average molecular weight is 208 g/mol. The van der Waals surface area contributed by atoms with Crippen LogP contribution in [0.3, 0.4) is 0 Å². The van der Waals surface area contributed by atoms with Crippen molar-refractivity contribution in [3.8, 4) is 0 Å². The zero-order chi connectivity index (χ0) is 7.68. The van der Waals surface area contributed by atoms with E-state index in [4.69, 9.17) is 4.42 Å². The molecule has 54 valence electrons. The Morgan fingerprint density at radius 2 is 2.09 bits per heavy atom. The van der Waals surface area contributed by atoms with Crippen molar-refractivity contribution in [1.82, 2.24) is 0 Å². The SMILES string of the molecule is O=[As]c1coc2ccccc12. The quantitative estimate of drug-likeness (QED) is 0.657. The van der Waals surface area contributed by atoms with E-state index in [0.29, 0.717) is 0 Å². The Morgan fingerprint density at radius 1 is 1.27 bits per heavy atom. The van der Waals surface area contributed by atoms with Gasteiger partial charge in [-0.1, -0.05) is 0 Å². The van der Waals surface area contributed by atoms with Gasteiger partial charge < -0.3 is 0 Å². The number of furan rings is 1. The second kappa shape index (κ2) is 2.63. The molecule has 1 heterocycles. The Kier molecular flexibility index (Phi) is 1.63. The summed E-state index contributed by atoms with van der Waals surface area (Å²) in [4.78, 5) is 0. The molecule has 1 aromatic heterocycles. The monoisotopic (exact) mass is 208 g/mol. The number of rotatable bonds is 1. The fourth-order valence-electron chi connectivity index (χ4n) is 1.03. The number of hydrogen-bond acceptors (Lipinski definition) is 2. The third-order valence-electron chi connectivity index (χ3n) is 1.56. The molecule has 2 nitrogen and oxygen atoms in total. The van der Waals surface area contributed by atoms with Gasteiger partial charge in [-0.3, -0.25) is 0 Å². The predicted octanol–water partition coefficient (Wildman–Crippen LogP) is 1.11. The van der Waals surface area contributed by atoms with Gasteiger partial charge in [0.15, 0.2) is 0 Å². The van der Waals surface area contributed by atoms with E-state index in [-0.39, 0.29) is 0 Å². The first-order chi connectivity index (χ1) is 5.42. The van der Waals surface area contributed by atoms with Gasteiger partial charge in [0.05, 0.1) is 0 Å². The van der Waals surface area contributed by atoms with Crippen molar-refractivity contribution in [2.24, 2.45) is 0 Å². The Labute approximate surface area is 70.1 Å². The van der Waals surface area contributed by atoms with Crippen LogP contribution in [0.5, 0.6) is 0 Å². The van der Waals surface area contributed by atoms with Gasteiger partial charge in [0.1, 0.15) is 0 Å². The second-order valence-electron chi connectivity index (χ2n) is 2.21. The number of para-hydroxylation sites is 1. The van der Waals surface area contributed by atoms with Gasteiger partial charge in [-0.2, -0.15) is 0 Å². The van der Waals surface area contributed by atoms with E-state index in [2.05, 4.69) is 0 Å². The number of fused-ring (bicyclic) bond motifs is 1. The normalized spacial score (nSPS) is 10.9. The molecule has 0 saturated carbocycles. The summed E-state index contributed by atoms with van der Waals surface area (Å²) < 4.78 is 16.6. The summed E-state index contributed by atoms with van der Waals surface area (Å²) in [6.45, 7) is 0. The first kappa shape index (κ1) is 6.81. The summed E-state index contributed by atoms with van der Waals surface area (Å²) >= 11 is -0.968. The van der Waals surface area contributed by atoms with Gasteiger partial charge in [-0.05, 0) is 0 Å². The first-order valence-electron chi connectivity index (χ1n) is 3.21. The number of benzene rings is 1. The average Bonchev–Trinajstić information content (AvgIpc) is 2.47. The van der Waals surface area contributed by atoms with Crippen LogP contribution in [0.4, 0.5) is 0 Å². The van der Waals surface area contributed by atoms with Crippen LogP contribution in [-0.2, 0) is 3.74 Å². The van der Waals surface area contributed by atoms with E-state index in [1.165, 1.54) is 0 Å².